The van der Waals surface area contributed by atoms with Crippen molar-refractivity contribution in [3.05, 3.63) is 25.3 Å². The van der Waals surface area contributed by atoms with Crippen molar-refractivity contribution in [2.45, 2.75) is 49.6 Å². The molecular weight excluding hydrogens is 649 g/mol. The minimum Gasteiger partial charge on any atom is -0.382 e. The molecule has 1 aliphatic carbocycles. The molecule has 230 valence electrons. The molecule has 22 heteroatoms. The number of nitrogens with two attached hydrogens (primary N) is 2. The van der Waals surface area contributed by atoms with Gasteiger partial charge in [0.25, 0.3) is 0 Å². The van der Waals surface area contributed by atoms with Crippen LogP contribution in [0.5, 0.6) is 0 Å². The summed E-state index contributed by atoms with van der Waals surface area (Å²) in [6, 6.07) is -0.861. The molecule has 0 spiro atoms. The van der Waals surface area contributed by atoms with Gasteiger partial charge in [-0.1, -0.05) is 12.2 Å². The molecule has 0 amide bonds. The van der Waals surface area contributed by atoms with Crippen LogP contribution >= 0.6 is 25.8 Å². The lowest BCUT2D eigenvalue weighted by Crippen LogP contribution is -2.32. The molecule has 5 unspecified atom stereocenters. The molecule has 4 aromatic rings. The first-order valence-corrected chi connectivity index (χ1v) is 18.3. The van der Waals surface area contributed by atoms with Gasteiger partial charge in [0.15, 0.2) is 22.9 Å². The van der Waals surface area contributed by atoms with Crippen molar-refractivity contribution in [3.63, 3.8) is 0 Å². The lowest BCUT2D eigenvalue weighted by molar-refractivity contribution is -0.0437. The van der Waals surface area contributed by atoms with Gasteiger partial charge in [0, 0.05) is 12.3 Å². The average Bonchev–Trinajstić information content (AvgIpc) is 3.72. The number of imidazole rings is 2. The van der Waals surface area contributed by atoms with Gasteiger partial charge in [-0.25, -0.2) is 38.9 Å². The summed E-state index contributed by atoms with van der Waals surface area (Å²) in [5, 5.41) is 0. The number of nitrogens with zero attached hydrogens (tertiary/aromatic N) is 8. The molecule has 0 bridgehead atoms. The van der Waals surface area contributed by atoms with Crippen molar-refractivity contribution in [3.8, 4) is 0 Å². The maximum Gasteiger partial charge on any atom is 0.386 e. The topological polar surface area (TPSA) is 223 Å². The maximum absolute atomic E-state index is 16.1. The Bertz CT molecular complexity index is 1800. The summed E-state index contributed by atoms with van der Waals surface area (Å²) < 4.78 is 61.6. The van der Waals surface area contributed by atoms with Gasteiger partial charge >= 0.3 is 13.5 Å². The van der Waals surface area contributed by atoms with Crippen LogP contribution in [-0.2, 0) is 39.2 Å². The van der Waals surface area contributed by atoms with E-state index in [2.05, 4.69) is 42.2 Å². The van der Waals surface area contributed by atoms with Crippen molar-refractivity contribution in [2.24, 2.45) is 5.92 Å². The highest BCUT2D eigenvalue weighted by Crippen LogP contribution is 2.59. The number of fused-ring (bicyclic) bond motifs is 4. The van der Waals surface area contributed by atoms with E-state index in [1.165, 1.54) is 29.9 Å². The van der Waals surface area contributed by atoms with Crippen molar-refractivity contribution >= 4 is 71.5 Å². The molecular formula is C21H25FN10O7P2S2. The van der Waals surface area contributed by atoms with Gasteiger partial charge in [-0.3, -0.25) is 13.6 Å². The van der Waals surface area contributed by atoms with E-state index in [4.69, 9.17) is 46.1 Å². The summed E-state index contributed by atoms with van der Waals surface area (Å²) in [6.07, 6.45) is 0.228. The summed E-state index contributed by atoms with van der Waals surface area (Å²) in [6.45, 7) is -8.66. The number of aromatic nitrogens is 8. The zero-order valence-corrected chi connectivity index (χ0v) is 25.4. The van der Waals surface area contributed by atoms with Crippen LogP contribution in [0.3, 0.4) is 0 Å². The highest BCUT2D eigenvalue weighted by molar-refractivity contribution is 8.44. The number of hydrogen-bond donors (Lipinski definition) is 4. The van der Waals surface area contributed by atoms with Crippen LogP contribution in [0.1, 0.15) is 25.1 Å². The Kier molecular flexibility index (Phi) is 7.44. The van der Waals surface area contributed by atoms with E-state index in [0.717, 1.165) is 0 Å². The molecule has 7 rings (SSSR count). The second-order valence-corrected chi connectivity index (χ2v) is 15.9. The third-order valence-electron chi connectivity index (χ3n) is 7.69. The number of hydrogen-bond acceptors (Lipinski definition) is 15. The average molecular weight is 675 g/mol. The molecule has 1 saturated carbocycles. The van der Waals surface area contributed by atoms with Crippen LogP contribution < -0.4 is 11.5 Å². The first kappa shape index (κ1) is 29.3. The number of thiol groups is 1. The highest BCUT2D eigenvalue weighted by Gasteiger charge is 2.51. The van der Waals surface area contributed by atoms with E-state index in [0.29, 0.717) is 22.3 Å². The number of anilines is 2. The number of rotatable bonds is 2. The van der Waals surface area contributed by atoms with Crippen LogP contribution in [0.2, 0.25) is 0 Å². The minimum atomic E-state index is -4.15. The van der Waals surface area contributed by atoms with Crippen LogP contribution in [-0.4, -0.2) is 81.6 Å². The fourth-order valence-corrected chi connectivity index (χ4v) is 8.73. The number of nitrogen functional groups attached to an aromatic ring is 2. The Morgan fingerprint density at radius 3 is 2.28 bits per heavy atom. The molecule has 3 fully saturated rings. The lowest BCUT2D eigenvalue weighted by Gasteiger charge is -2.29. The van der Waals surface area contributed by atoms with Gasteiger partial charge < -0.3 is 34.7 Å². The smallest absolute Gasteiger partial charge is 0.382 e. The molecule has 0 radical (unpaired) electrons. The molecule has 0 aromatic carbocycles. The molecule has 2 aliphatic heterocycles. The van der Waals surface area contributed by atoms with Gasteiger partial charge in [-0.2, -0.15) is 0 Å². The normalized spacial score (nSPS) is 37.1. The third-order valence-corrected chi connectivity index (χ3v) is 10.9. The van der Waals surface area contributed by atoms with Gasteiger partial charge in [0.05, 0.1) is 38.0 Å². The van der Waals surface area contributed by atoms with E-state index >= 15 is 4.39 Å². The second kappa shape index (κ2) is 10.9. The first-order valence-electron chi connectivity index (χ1n) is 13.0. The van der Waals surface area contributed by atoms with Crippen molar-refractivity contribution < 1.29 is 36.7 Å². The number of alkyl halides is 1. The quantitative estimate of drug-likeness (QED) is 0.176. The van der Waals surface area contributed by atoms with E-state index in [1.807, 2.05) is 0 Å². The molecule has 6 heterocycles. The zero-order chi connectivity index (χ0) is 30.1. The SMILES string of the molecule is Nc1ncnc2c1ncn2[C@@H]1C[C@@H]2COP(O)(=S)OC3C[C@H](n4cnc5c(N)ncnc54)O[C@@H]3COP(=O)(S)OC2C1F. The monoisotopic (exact) mass is 674 g/mol. The predicted molar refractivity (Wildman–Crippen MR) is 155 cm³/mol. The van der Waals surface area contributed by atoms with Crippen LogP contribution in [0, 0.1) is 5.92 Å². The largest absolute Gasteiger partial charge is 0.386 e. The Morgan fingerprint density at radius 2 is 1.58 bits per heavy atom. The summed E-state index contributed by atoms with van der Waals surface area (Å²) in [4.78, 5) is 35.7. The van der Waals surface area contributed by atoms with Crippen molar-refractivity contribution in [2.75, 3.05) is 24.7 Å². The minimum absolute atomic E-state index is 0.125. The van der Waals surface area contributed by atoms with Crippen molar-refractivity contribution in [1.29, 1.82) is 0 Å². The molecule has 9 atom stereocenters. The summed E-state index contributed by atoms with van der Waals surface area (Å²) in [5.41, 5.74) is 13.2. The Balaban J connectivity index is 1.15. The van der Waals surface area contributed by atoms with Crippen LogP contribution in [0.15, 0.2) is 25.3 Å². The third kappa shape index (κ3) is 5.43. The van der Waals surface area contributed by atoms with E-state index in [1.54, 1.807) is 4.57 Å². The summed E-state index contributed by atoms with van der Waals surface area (Å²) >= 11 is 9.45. The Hall–Kier alpha value is -2.38. The number of ether oxygens (including phenoxy) is 1. The molecule has 43 heavy (non-hydrogen) atoms. The van der Waals surface area contributed by atoms with Gasteiger partial charge in [0.2, 0.25) is 0 Å². The first-order chi connectivity index (χ1) is 20.5. The maximum atomic E-state index is 16.1. The highest BCUT2D eigenvalue weighted by atomic mass is 32.7. The van der Waals surface area contributed by atoms with Gasteiger partial charge in [-0.05, 0) is 18.2 Å². The molecule has 4 aromatic heterocycles. The second-order valence-electron chi connectivity index (χ2n) is 10.3. The molecule has 3 aliphatic rings. The summed E-state index contributed by atoms with van der Waals surface area (Å²) in [5.74, 6) is -0.398. The fourth-order valence-electron chi connectivity index (χ4n) is 5.70. The van der Waals surface area contributed by atoms with E-state index in [-0.39, 0.29) is 37.7 Å². The van der Waals surface area contributed by atoms with Gasteiger partial charge in [0.1, 0.15) is 48.3 Å². The summed E-state index contributed by atoms with van der Waals surface area (Å²) in [7, 11) is 0. The standard InChI is InChI=1S/C21H25FN10O7P2S2/c22-14-10(31-7-29-15-18(23)25-5-27-20(15)31)1-9-3-35-40(33,42)38-11-2-13(32-8-30-16-19(24)26-6-28-21(16)32)37-12(11)4-36-41(34,43)39-17(9)14/h5-14,17H,1-4H2,(H,33,42)(H,34,43)(H2,23,25,27)(H2,24,26,28)/t9-,10-,11?,12-,13-,14?,17?,40?,41?/m1/s1. The molecule has 2 saturated heterocycles. The number of halogens is 1. The van der Waals surface area contributed by atoms with Crippen LogP contribution in [0.25, 0.3) is 22.3 Å². The lowest BCUT2D eigenvalue weighted by atomic mass is 10.1. The zero-order valence-electron chi connectivity index (χ0n) is 21.9. The molecule has 5 N–H and O–H groups in total. The predicted octanol–water partition coefficient (Wildman–Crippen LogP) is 2.09. The van der Waals surface area contributed by atoms with Crippen molar-refractivity contribution in [1.82, 2.24) is 39.0 Å². The van der Waals surface area contributed by atoms with Gasteiger partial charge in [-0.15, -0.1) is 0 Å². The van der Waals surface area contributed by atoms with Crippen LogP contribution in [0.4, 0.5) is 16.0 Å². The fraction of sp³-hybridized carbons (Fsp3) is 0.524. The molecule has 17 nitrogen and oxygen atoms in total. The van der Waals surface area contributed by atoms with E-state index in [9.17, 15) is 9.46 Å². The Morgan fingerprint density at radius 1 is 0.930 bits per heavy atom. The van der Waals surface area contributed by atoms with E-state index < -0.39 is 56.2 Å². The Labute approximate surface area is 252 Å².